The van der Waals surface area contributed by atoms with Crippen molar-refractivity contribution in [3.63, 3.8) is 0 Å². The predicted molar refractivity (Wildman–Crippen MR) is 61.4 cm³/mol. The van der Waals surface area contributed by atoms with Gasteiger partial charge in [-0.25, -0.2) is 0 Å². The molecule has 2 heterocycles. The van der Waals surface area contributed by atoms with E-state index in [0.717, 1.165) is 0 Å². The first-order chi connectivity index (χ1) is 8.20. The van der Waals surface area contributed by atoms with Gasteiger partial charge in [0.05, 0.1) is 18.8 Å². The molecule has 0 bridgehead atoms. The Morgan fingerprint density at radius 1 is 1.47 bits per heavy atom. The summed E-state index contributed by atoms with van der Waals surface area (Å²) in [5.41, 5.74) is 6.16. The number of H-pyrrole nitrogens is 1. The zero-order valence-electron chi connectivity index (χ0n) is 9.51. The maximum atomic E-state index is 5.67. The lowest BCUT2D eigenvalue weighted by atomic mass is 10.3. The summed E-state index contributed by atoms with van der Waals surface area (Å²) in [6, 6.07) is 3.36. The normalized spacial score (nSPS) is 12.1. The second-order valence-corrected chi connectivity index (χ2v) is 3.43. The van der Waals surface area contributed by atoms with Crippen molar-refractivity contribution in [2.24, 2.45) is 0 Å². The van der Waals surface area contributed by atoms with Crippen molar-refractivity contribution in [2.75, 3.05) is 18.2 Å². The van der Waals surface area contributed by atoms with Crippen LogP contribution in [-0.2, 0) is 0 Å². The molecule has 2 rings (SSSR count). The van der Waals surface area contributed by atoms with E-state index in [-0.39, 0.29) is 6.04 Å². The van der Waals surface area contributed by atoms with Gasteiger partial charge in [0.15, 0.2) is 5.82 Å². The van der Waals surface area contributed by atoms with Crippen LogP contribution in [0.3, 0.4) is 0 Å². The molecule has 2 aromatic rings. The average molecular weight is 235 g/mol. The van der Waals surface area contributed by atoms with Gasteiger partial charge >= 0.3 is 0 Å². The van der Waals surface area contributed by atoms with Gasteiger partial charge < -0.3 is 15.8 Å². The van der Waals surface area contributed by atoms with E-state index in [2.05, 4.69) is 30.9 Å². The molecule has 8 nitrogen and oxygen atoms in total. The third-order valence-corrected chi connectivity index (χ3v) is 2.20. The molecule has 0 radical (unpaired) electrons. The summed E-state index contributed by atoms with van der Waals surface area (Å²) in [5.74, 6) is 1.58. The van der Waals surface area contributed by atoms with Gasteiger partial charge in [-0.2, -0.15) is 10.2 Å². The van der Waals surface area contributed by atoms with Gasteiger partial charge in [-0.15, -0.1) is 10.2 Å². The van der Waals surface area contributed by atoms with Gasteiger partial charge in [-0.1, -0.05) is 5.21 Å². The summed E-state index contributed by atoms with van der Waals surface area (Å²) < 4.78 is 5.03. The highest BCUT2D eigenvalue weighted by Crippen LogP contribution is 2.22. The Bertz CT molecular complexity index is 484. The highest BCUT2D eigenvalue weighted by Gasteiger charge is 2.11. The predicted octanol–water partition coefficient (Wildman–Crippen LogP) is 0.359. The van der Waals surface area contributed by atoms with Crippen molar-refractivity contribution in [3.8, 4) is 5.88 Å². The second kappa shape index (κ2) is 4.64. The number of nitrogens with one attached hydrogen (secondary N) is 2. The summed E-state index contributed by atoms with van der Waals surface area (Å²) in [6.45, 7) is 1.90. The van der Waals surface area contributed by atoms with Crippen molar-refractivity contribution in [2.45, 2.75) is 13.0 Å². The zero-order valence-corrected chi connectivity index (χ0v) is 9.51. The lowest BCUT2D eigenvalue weighted by molar-refractivity contribution is 0.400. The molecule has 0 spiro atoms. The molecule has 1 unspecified atom stereocenters. The van der Waals surface area contributed by atoms with Crippen molar-refractivity contribution in [1.82, 2.24) is 25.6 Å². The minimum atomic E-state index is -0.116. The molecule has 0 amide bonds. The third-order valence-electron chi connectivity index (χ3n) is 2.20. The first-order valence-electron chi connectivity index (χ1n) is 5.01. The second-order valence-electron chi connectivity index (χ2n) is 3.43. The number of hydrogen-bond acceptors (Lipinski definition) is 7. The first-order valence-corrected chi connectivity index (χ1v) is 5.01. The molecule has 1 atom stereocenters. The van der Waals surface area contributed by atoms with E-state index in [4.69, 9.17) is 10.5 Å². The van der Waals surface area contributed by atoms with Gasteiger partial charge in [-0.3, -0.25) is 0 Å². The third kappa shape index (κ3) is 2.41. The highest BCUT2D eigenvalue weighted by molar-refractivity contribution is 5.53. The number of nitrogens with zero attached hydrogens (tertiary/aromatic N) is 4. The van der Waals surface area contributed by atoms with Crippen molar-refractivity contribution in [1.29, 1.82) is 0 Å². The largest absolute Gasteiger partial charge is 0.479 e. The van der Waals surface area contributed by atoms with E-state index in [0.29, 0.717) is 23.2 Å². The fraction of sp³-hybridized carbons (Fsp3) is 0.333. The molecular weight excluding hydrogens is 222 g/mol. The molecule has 17 heavy (non-hydrogen) atoms. The molecule has 0 aliphatic rings. The number of nitrogens with two attached hydrogens (primary N) is 1. The van der Waals surface area contributed by atoms with E-state index in [1.165, 1.54) is 7.11 Å². The number of hydrogen-bond donors (Lipinski definition) is 3. The maximum Gasteiger partial charge on any atom is 0.238 e. The Labute approximate surface area is 97.6 Å². The van der Waals surface area contributed by atoms with E-state index in [9.17, 15) is 0 Å². The van der Waals surface area contributed by atoms with E-state index in [1.54, 1.807) is 12.1 Å². The van der Waals surface area contributed by atoms with Crippen LogP contribution in [0.15, 0.2) is 12.1 Å². The number of aromatic amines is 1. The first kappa shape index (κ1) is 11.1. The van der Waals surface area contributed by atoms with Gasteiger partial charge in [0.2, 0.25) is 5.88 Å². The average Bonchev–Trinajstić information content (AvgIpc) is 2.85. The quantitative estimate of drug-likeness (QED) is 0.700. The molecule has 0 fully saturated rings. The lowest BCUT2D eigenvalue weighted by Crippen LogP contribution is -2.10. The molecule has 4 N–H and O–H groups in total. The van der Waals surface area contributed by atoms with Crippen molar-refractivity contribution >= 4 is 11.5 Å². The molecule has 0 saturated carbocycles. The van der Waals surface area contributed by atoms with Crippen LogP contribution in [-0.4, -0.2) is 32.7 Å². The lowest BCUT2D eigenvalue weighted by Gasteiger charge is -2.12. The minimum absolute atomic E-state index is 0.116. The molecule has 8 heteroatoms. The molecule has 0 aliphatic heterocycles. The molecule has 0 aromatic carbocycles. The smallest absolute Gasteiger partial charge is 0.238 e. The van der Waals surface area contributed by atoms with Gasteiger partial charge in [0, 0.05) is 0 Å². The Hall–Kier alpha value is -2.38. The van der Waals surface area contributed by atoms with Crippen LogP contribution in [0.5, 0.6) is 5.88 Å². The molecular formula is C9H13N7O. The Balaban J connectivity index is 2.13. The molecule has 0 saturated heterocycles. The van der Waals surface area contributed by atoms with Crippen molar-refractivity contribution in [3.05, 3.63) is 18.0 Å². The van der Waals surface area contributed by atoms with Crippen LogP contribution < -0.4 is 15.8 Å². The summed E-state index contributed by atoms with van der Waals surface area (Å²) in [7, 11) is 1.52. The maximum absolute atomic E-state index is 5.67. The fourth-order valence-corrected chi connectivity index (χ4v) is 1.33. The van der Waals surface area contributed by atoms with E-state index in [1.807, 2.05) is 6.92 Å². The summed E-state index contributed by atoms with van der Waals surface area (Å²) in [6.07, 6.45) is 0. The number of anilines is 2. The topological polar surface area (TPSA) is 115 Å². The SMILES string of the molecule is COc1nc(NC(C)c2nn[nH]n2)ccc1N. The molecule has 90 valence electrons. The van der Waals surface area contributed by atoms with E-state index >= 15 is 0 Å². The summed E-state index contributed by atoms with van der Waals surface area (Å²) in [5, 5.41) is 16.8. The summed E-state index contributed by atoms with van der Waals surface area (Å²) in [4.78, 5) is 4.20. The number of pyridine rings is 1. The fourth-order valence-electron chi connectivity index (χ4n) is 1.33. The van der Waals surface area contributed by atoms with E-state index < -0.39 is 0 Å². The number of rotatable bonds is 4. The van der Waals surface area contributed by atoms with Crippen LogP contribution >= 0.6 is 0 Å². The van der Waals surface area contributed by atoms with Crippen LogP contribution in [0.4, 0.5) is 11.5 Å². The van der Waals surface area contributed by atoms with Crippen LogP contribution in [0.2, 0.25) is 0 Å². The van der Waals surface area contributed by atoms with Crippen LogP contribution in [0, 0.1) is 0 Å². The van der Waals surface area contributed by atoms with Gasteiger partial charge in [0.1, 0.15) is 5.82 Å². The summed E-state index contributed by atoms with van der Waals surface area (Å²) >= 11 is 0. The molecule has 2 aromatic heterocycles. The van der Waals surface area contributed by atoms with Gasteiger partial charge in [0.25, 0.3) is 0 Å². The van der Waals surface area contributed by atoms with Crippen LogP contribution in [0.1, 0.15) is 18.8 Å². The highest BCUT2D eigenvalue weighted by atomic mass is 16.5. The van der Waals surface area contributed by atoms with Gasteiger partial charge in [-0.05, 0) is 19.1 Å². The number of ether oxygens (including phenoxy) is 1. The Morgan fingerprint density at radius 2 is 2.29 bits per heavy atom. The standard InChI is InChI=1S/C9H13N7O/c1-5(8-13-15-16-14-8)11-7-4-3-6(10)9(12-7)17-2/h3-5H,10H2,1-2H3,(H,11,12)(H,13,14,15,16). The number of nitrogen functional groups attached to an aromatic ring is 1. The number of aromatic nitrogens is 5. The Kier molecular flexibility index (Phi) is 3.03. The van der Waals surface area contributed by atoms with Crippen molar-refractivity contribution < 1.29 is 4.74 Å². The zero-order chi connectivity index (χ0) is 12.3. The number of tetrazole rings is 1. The monoisotopic (exact) mass is 235 g/mol. The molecule has 0 aliphatic carbocycles. The minimum Gasteiger partial charge on any atom is -0.479 e. The van der Waals surface area contributed by atoms with Crippen LogP contribution in [0.25, 0.3) is 0 Å². The number of methoxy groups -OCH3 is 1. The Morgan fingerprint density at radius 3 is 2.94 bits per heavy atom.